The number of amides is 1. The molecule has 0 aliphatic carbocycles. The molecule has 1 aromatic rings. The van der Waals surface area contributed by atoms with Gasteiger partial charge in [0.2, 0.25) is 5.91 Å². The Morgan fingerprint density at radius 3 is 2.71 bits per heavy atom. The molecule has 1 fully saturated rings. The highest BCUT2D eigenvalue weighted by molar-refractivity contribution is 8.02. The summed E-state index contributed by atoms with van der Waals surface area (Å²) in [5.74, 6) is -5.42. The number of aromatic nitrogens is 1. The summed E-state index contributed by atoms with van der Waals surface area (Å²) in [6.07, 6.45) is 1.19. The maximum Gasteiger partial charge on any atom is 0.288 e. The van der Waals surface area contributed by atoms with Gasteiger partial charge in [0, 0.05) is 12.3 Å². The fourth-order valence-electron chi connectivity index (χ4n) is 2.09. The van der Waals surface area contributed by atoms with Gasteiger partial charge in [-0.1, -0.05) is 0 Å². The van der Waals surface area contributed by atoms with Crippen molar-refractivity contribution in [1.82, 2.24) is 4.57 Å². The summed E-state index contributed by atoms with van der Waals surface area (Å²) in [7, 11) is 0. The van der Waals surface area contributed by atoms with Crippen molar-refractivity contribution in [1.29, 1.82) is 0 Å². The zero-order valence-corrected chi connectivity index (χ0v) is 14.3. The standard InChI is InChI=1S/C13H13Cl2F3N2O3S/c14-7-2-9(24-10(7)15)11(22)19-6-1-8(16)12(23)20(3-6)4-13(17,18)5-21/h1,3,7,9-10,21H,2,4-5H2,(H,19,22). The molecule has 2 rings (SSSR count). The Kier molecular flexibility index (Phi) is 6.11. The van der Waals surface area contributed by atoms with E-state index >= 15 is 0 Å². The van der Waals surface area contributed by atoms with Crippen LogP contribution in [0.4, 0.5) is 18.9 Å². The predicted octanol–water partition coefficient (Wildman–Crippen LogP) is 2.23. The number of halogens is 5. The van der Waals surface area contributed by atoms with E-state index in [1.165, 1.54) is 0 Å². The molecule has 11 heteroatoms. The second-order valence-corrected chi connectivity index (χ2v) is 7.88. The molecule has 1 amide bonds. The van der Waals surface area contributed by atoms with Crippen LogP contribution < -0.4 is 10.9 Å². The molecule has 1 aliphatic rings. The Balaban J connectivity index is 2.18. The minimum atomic E-state index is -3.60. The van der Waals surface area contributed by atoms with Crippen LogP contribution in [0.3, 0.4) is 0 Å². The van der Waals surface area contributed by atoms with E-state index in [1.807, 2.05) is 0 Å². The van der Waals surface area contributed by atoms with Gasteiger partial charge in [-0.2, -0.15) is 0 Å². The van der Waals surface area contributed by atoms with Crippen LogP contribution in [-0.4, -0.2) is 43.4 Å². The van der Waals surface area contributed by atoms with Gasteiger partial charge in [-0.3, -0.25) is 9.59 Å². The Labute approximate surface area is 149 Å². The van der Waals surface area contributed by atoms with E-state index < -0.39 is 51.7 Å². The number of carbonyl (C=O) groups excluding carboxylic acids is 1. The smallest absolute Gasteiger partial charge is 0.288 e. The minimum absolute atomic E-state index is 0.157. The Morgan fingerprint density at radius 2 is 2.17 bits per heavy atom. The van der Waals surface area contributed by atoms with Gasteiger partial charge < -0.3 is 15.0 Å². The maximum absolute atomic E-state index is 13.6. The summed E-state index contributed by atoms with van der Waals surface area (Å²) in [5.41, 5.74) is -1.44. The van der Waals surface area contributed by atoms with Gasteiger partial charge >= 0.3 is 0 Å². The molecule has 5 nitrogen and oxygen atoms in total. The van der Waals surface area contributed by atoms with Crippen LogP contribution in [0, 0.1) is 5.82 Å². The van der Waals surface area contributed by atoms with E-state index in [0.717, 1.165) is 24.0 Å². The Morgan fingerprint density at radius 1 is 1.50 bits per heavy atom. The highest BCUT2D eigenvalue weighted by Crippen LogP contribution is 2.39. The van der Waals surface area contributed by atoms with Crippen LogP contribution in [0.15, 0.2) is 17.1 Å². The van der Waals surface area contributed by atoms with Crippen molar-refractivity contribution < 1.29 is 23.1 Å². The van der Waals surface area contributed by atoms with Crippen molar-refractivity contribution in [3.8, 4) is 0 Å². The summed E-state index contributed by atoms with van der Waals surface area (Å²) < 4.78 is 40.0. The molecule has 1 saturated heterocycles. The first-order valence-corrected chi connectivity index (χ1v) is 8.57. The molecular formula is C13H13Cl2F3N2O3S. The van der Waals surface area contributed by atoms with Crippen molar-refractivity contribution in [2.24, 2.45) is 0 Å². The van der Waals surface area contributed by atoms with Crippen molar-refractivity contribution in [3.05, 3.63) is 28.4 Å². The first-order valence-electron chi connectivity index (χ1n) is 6.76. The fraction of sp³-hybridized carbons (Fsp3) is 0.538. The molecule has 0 aromatic carbocycles. The SMILES string of the molecule is O=C(Nc1cc(F)c(=O)n(CC(F)(F)CO)c1)C1CC(Cl)C(Cl)S1. The first kappa shape index (κ1) is 19.4. The third-order valence-corrected chi connectivity index (χ3v) is 5.90. The number of hydrogen-bond acceptors (Lipinski definition) is 4. The van der Waals surface area contributed by atoms with E-state index in [9.17, 15) is 22.8 Å². The lowest BCUT2D eigenvalue weighted by atomic mass is 10.2. The van der Waals surface area contributed by atoms with E-state index in [-0.39, 0.29) is 5.69 Å². The topological polar surface area (TPSA) is 71.3 Å². The van der Waals surface area contributed by atoms with Gasteiger partial charge in [-0.25, -0.2) is 13.2 Å². The van der Waals surface area contributed by atoms with Crippen LogP contribution in [0.5, 0.6) is 0 Å². The highest BCUT2D eigenvalue weighted by atomic mass is 35.5. The van der Waals surface area contributed by atoms with Crippen molar-refractivity contribution >= 4 is 46.6 Å². The van der Waals surface area contributed by atoms with Crippen LogP contribution in [0.2, 0.25) is 0 Å². The van der Waals surface area contributed by atoms with E-state index in [2.05, 4.69) is 5.32 Å². The lowest BCUT2D eigenvalue weighted by molar-refractivity contribution is -0.115. The van der Waals surface area contributed by atoms with Gasteiger partial charge in [-0.15, -0.1) is 35.0 Å². The zero-order valence-electron chi connectivity index (χ0n) is 12.0. The van der Waals surface area contributed by atoms with Crippen molar-refractivity contribution in [2.45, 2.75) is 34.2 Å². The molecule has 2 heterocycles. The molecule has 134 valence electrons. The number of pyridine rings is 1. The maximum atomic E-state index is 13.6. The number of anilines is 1. The van der Waals surface area contributed by atoms with Crippen LogP contribution in [-0.2, 0) is 11.3 Å². The quantitative estimate of drug-likeness (QED) is 0.738. The Bertz CT molecular complexity index is 679. The summed E-state index contributed by atoms with van der Waals surface area (Å²) in [6, 6.07) is 0.740. The zero-order chi connectivity index (χ0) is 18.1. The number of aliphatic hydroxyl groups is 1. The molecule has 0 spiro atoms. The number of aliphatic hydroxyl groups excluding tert-OH is 1. The van der Waals surface area contributed by atoms with Gasteiger partial charge in [-0.05, 0) is 6.42 Å². The average molecular weight is 405 g/mol. The monoisotopic (exact) mass is 404 g/mol. The van der Waals surface area contributed by atoms with Crippen molar-refractivity contribution in [3.63, 3.8) is 0 Å². The van der Waals surface area contributed by atoms with E-state index in [4.69, 9.17) is 28.3 Å². The summed E-state index contributed by atoms with van der Waals surface area (Å²) in [5, 5.41) is 9.95. The van der Waals surface area contributed by atoms with Gasteiger partial charge in [0.05, 0.1) is 27.6 Å². The van der Waals surface area contributed by atoms with Crippen LogP contribution in [0.25, 0.3) is 0 Å². The highest BCUT2D eigenvalue weighted by Gasteiger charge is 2.36. The molecule has 3 atom stereocenters. The number of thioether (sulfide) groups is 1. The normalized spacial score (nSPS) is 24.2. The van der Waals surface area contributed by atoms with Gasteiger partial charge in [0.1, 0.15) is 6.61 Å². The fourth-order valence-corrected chi connectivity index (χ4v) is 4.12. The largest absolute Gasteiger partial charge is 0.390 e. The molecule has 1 aliphatic heterocycles. The molecule has 0 saturated carbocycles. The third kappa shape index (κ3) is 4.59. The number of nitrogens with one attached hydrogen (secondary N) is 1. The predicted molar refractivity (Wildman–Crippen MR) is 86.6 cm³/mol. The van der Waals surface area contributed by atoms with Gasteiger partial charge in [0.15, 0.2) is 5.82 Å². The first-order chi connectivity index (χ1) is 11.1. The van der Waals surface area contributed by atoms with Crippen LogP contribution >= 0.6 is 35.0 Å². The summed E-state index contributed by atoms with van der Waals surface area (Å²) in [6.45, 7) is -2.71. The number of nitrogens with zero attached hydrogens (tertiary/aromatic N) is 1. The second kappa shape index (κ2) is 7.55. The molecule has 0 radical (unpaired) electrons. The molecule has 1 aromatic heterocycles. The van der Waals surface area contributed by atoms with E-state index in [1.54, 1.807) is 0 Å². The van der Waals surface area contributed by atoms with E-state index in [0.29, 0.717) is 11.0 Å². The third-order valence-electron chi connectivity index (χ3n) is 3.25. The number of alkyl halides is 4. The molecular weight excluding hydrogens is 392 g/mol. The Hall–Kier alpha value is -0.900. The van der Waals surface area contributed by atoms with Crippen LogP contribution in [0.1, 0.15) is 6.42 Å². The lowest BCUT2D eigenvalue weighted by Gasteiger charge is -2.16. The second-order valence-electron chi connectivity index (χ2n) is 5.24. The number of carbonyl (C=O) groups is 1. The summed E-state index contributed by atoms with van der Waals surface area (Å²) >= 11 is 13.0. The molecule has 24 heavy (non-hydrogen) atoms. The number of rotatable bonds is 5. The van der Waals surface area contributed by atoms with Crippen molar-refractivity contribution in [2.75, 3.05) is 11.9 Å². The van der Waals surface area contributed by atoms with Gasteiger partial charge in [0.25, 0.3) is 11.5 Å². The average Bonchev–Trinajstić information content (AvgIpc) is 2.84. The molecule has 3 unspecified atom stereocenters. The minimum Gasteiger partial charge on any atom is -0.390 e. The lowest BCUT2D eigenvalue weighted by Crippen LogP contribution is -2.35. The summed E-state index contributed by atoms with van der Waals surface area (Å²) in [4.78, 5) is 23.7. The molecule has 0 bridgehead atoms. The number of hydrogen-bond donors (Lipinski definition) is 2. The molecule has 2 N–H and O–H groups in total.